The Morgan fingerprint density at radius 2 is 1.94 bits per heavy atom. The summed E-state index contributed by atoms with van der Waals surface area (Å²) in [5, 5.41) is 4.06. The Labute approximate surface area is 109 Å². The zero-order valence-corrected chi connectivity index (χ0v) is 10.6. The van der Waals surface area contributed by atoms with Gasteiger partial charge in [-0.3, -0.25) is 0 Å². The zero-order chi connectivity index (χ0) is 12.4. The Kier molecular flexibility index (Phi) is 2.86. The van der Waals surface area contributed by atoms with Gasteiger partial charge in [0.2, 0.25) is 5.89 Å². The molecule has 3 aromatic rings. The Morgan fingerprint density at radius 1 is 1.11 bits per heavy atom. The van der Waals surface area contributed by atoms with Crippen LogP contribution in [0.3, 0.4) is 0 Å². The van der Waals surface area contributed by atoms with E-state index in [0.717, 1.165) is 22.6 Å². The topological polar surface area (TPSA) is 35.3 Å². The van der Waals surface area contributed by atoms with Crippen LogP contribution < -0.4 is 4.74 Å². The van der Waals surface area contributed by atoms with Crippen LogP contribution in [0.25, 0.3) is 22.8 Å². The second-order valence-electron chi connectivity index (χ2n) is 3.77. The predicted molar refractivity (Wildman–Crippen MR) is 71.8 cm³/mol. The maximum atomic E-state index is 5.74. The minimum atomic E-state index is 0.624. The molecule has 0 spiro atoms. The maximum Gasteiger partial charge on any atom is 0.226 e. The molecule has 2 heterocycles. The molecule has 0 radical (unpaired) electrons. The first-order chi connectivity index (χ1) is 8.86. The highest BCUT2D eigenvalue weighted by atomic mass is 32.1. The van der Waals surface area contributed by atoms with Gasteiger partial charge in [0, 0.05) is 16.5 Å². The fraction of sp³-hybridized carbons (Fsp3) is 0.0714. The summed E-state index contributed by atoms with van der Waals surface area (Å²) in [6, 6.07) is 9.67. The van der Waals surface area contributed by atoms with Crippen LogP contribution >= 0.6 is 11.3 Å². The van der Waals surface area contributed by atoms with Crippen LogP contribution in [-0.2, 0) is 0 Å². The first-order valence-electron chi connectivity index (χ1n) is 5.49. The summed E-state index contributed by atoms with van der Waals surface area (Å²) in [6.45, 7) is 0. The Bertz CT molecular complexity index is 626. The lowest BCUT2D eigenvalue weighted by Gasteiger charge is -1.99. The molecular weight excluding hydrogens is 246 g/mol. The van der Waals surface area contributed by atoms with Crippen LogP contribution in [0.2, 0.25) is 0 Å². The molecule has 0 aliphatic carbocycles. The summed E-state index contributed by atoms with van der Waals surface area (Å²) in [5.41, 5.74) is 2.00. The molecule has 0 atom stereocenters. The third kappa shape index (κ3) is 2.02. The third-order valence-electron chi connectivity index (χ3n) is 2.65. The van der Waals surface area contributed by atoms with Crippen LogP contribution in [0.1, 0.15) is 0 Å². The van der Waals surface area contributed by atoms with Crippen molar-refractivity contribution in [3.05, 3.63) is 47.3 Å². The highest BCUT2D eigenvalue weighted by Crippen LogP contribution is 2.28. The molecule has 0 fully saturated rings. The van der Waals surface area contributed by atoms with Crippen molar-refractivity contribution in [1.29, 1.82) is 0 Å². The molecule has 90 valence electrons. The third-order valence-corrected chi connectivity index (χ3v) is 3.33. The number of hydrogen-bond acceptors (Lipinski definition) is 4. The molecule has 2 aromatic heterocycles. The predicted octanol–water partition coefficient (Wildman–Crippen LogP) is 4.08. The number of rotatable bonds is 3. The van der Waals surface area contributed by atoms with Gasteiger partial charge in [-0.25, -0.2) is 4.98 Å². The minimum absolute atomic E-state index is 0.624. The van der Waals surface area contributed by atoms with Crippen molar-refractivity contribution >= 4 is 11.3 Å². The molecule has 0 amide bonds. The molecule has 0 saturated carbocycles. The smallest absolute Gasteiger partial charge is 0.226 e. The summed E-state index contributed by atoms with van der Waals surface area (Å²) < 4.78 is 10.9. The van der Waals surface area contributed by atoms with Gasteiger partial charge in [0.05, 0.1) is 13.3 Å². The van der Waals surface area contributed by atoms with E-state index in [9.17, 15) is 0 Å². The summed E-state index contributed by atoms with van der Waals surface area (Å²) >= 11 is 1.64. The average Bonchev–Trinajstić information content (AvgIpc) is 3.09. The van der Waals surface area contributed by atoms with E-state index in [2.05, 4.69) is 4.98 Å². The minimum Gasteiger partial charge on any atom is -0.497 e. The van der Waals surface area contributed by atoms with Gasteiger partial charge in [0.1, 0.15) is 5.75 Å². The normalized spacial score (nSPS) is 10.5. The molecule has 1 aromatic carbocycles. The van der Waals surface area contributed by atoms with Crippen molar-refractivity contribution in [2.45, 2.75) is 0 Å². The molecule has 0 N–H and O–H groups in total. The standard InChI is InChI=1S/C14H11NO2S/c1-16-12-4-2-10(3-5-12)14-15-8-13(17-14)11-6-7-18-9-11/h2-9H,1H3. The first-order valence-corrected chi connectivity index (χ1v) is 6.44. The Morgan fingerprint density at radius 3 is 2.61 bits per heavy atom. The fourth-order valence-corrected chi connectivity index (χ4v) is 2.32. The molecule has 0 unspecified atom stereocenters. The maximum absolute atomic E-state index is 5.74. The van der Waals surface area contributed by atoms with Gasteiger partial charge in [-0.05, 0) is 35.7 Å². The summed E-state index contributed by atoms with van der Waals surface area (Å²) in [5.74, 6) is 2.24. The van der Waals surface area contributed by atoms with Gasteiger partial charge in [0.25, 0.3) is 0 Å². The lowest BCUT2D eigenvalue weighted by Crippen LogP contribution is -1.82. The van der Waals surface area contributed by atoms with Gasteiger partial charge < -0.3 is 9.15 Å². The van der Waals surface area contributed by atoms with Gasteiger partial charge in [-0.15, -0.1) is 0 Å². The van der Waals surface area contributed by atoms with Crippen molar-refractivity contribution in [1.82, 2.24) is 4.98 Å². The van der Waals surface area contributed by atoms with Crippen LogP contribution in [0, 0.1) is 0 Å². The summed E-state index contributed by atoms with van der Waals surface area (Å²) in [7, 11) is 1.65. The fourth-order valence-electron chi connectivity index (χ4n) is 1.68. The van der Waals surface area contributed by atoms with E-state index < -0.39 is 0 Å². The van der Waals surface area contributed by atoms with Crippen molar-refractivity contribution in [2.24, 2.45) is 0 Å². The van der Waals surface area contributed by atoms with E-state index in [-0.39, 0.29) is 0 Å². The molecule has 4 heteroatoms. The number of ether oxygens (including phenoxy) is 1. The monoisotopic (exact) mass is 257 g/mol. The van der Waals surface area contributed by atoms with Crippen molar-refractivity contribution in [2.75, 3.05) is 7.11 Å². The lowest BCUT2D eigenvalue weighted by atomic mass is 10.2. The number of nitrogens with zero attached hydrogens (tertiary/aromatic N) is 1. The molecule has 0 saturated heterocycles. The van der Waals surface area contributed by atoms with E-state index in [1.165, 1.54) is 0 Å². The number of benzene rings is 1. The molecule has 0 bridgehead atoms. The Hall–Kier alpha value is -2.07. The molecular formula is C14H11NO2S. The summed E-state index contributed by atoms with van der Waals surface area (Å²) in [6.07, 6.45) is 1.75. The van der Waals surface area contributed by atoms with Gasteiger partial charge in [-0.1, -0.05) is 0 Å². The van der Waals surface area contributed by atoms with E-state index in [1.807, 2.05) is 41.1 Å². The lowest BCUT2D eigenvalue weighted by molar-refractivity contribution is 0.415. The first kappa shape index (κ1) is 11.0. The van der Waals surface area contributed by atoms with Gasteiger partial charge in [0.15, 0.2) is 5.76 Å². The number of thiophene rings is 1. The van der Waals surface area contributed by atoms with Crippen LogP contribution in [0.4, 0.5) is 0 Å². The number of oxazole rings is 1. The zero-order valence-electron chi connectivity index (χ0n) is 9.79. The quantitative estimate of drug-likeness (QED) is 0.709. The van der Waals surface area contributed by atoms with Crippen LogP contribution in [-0.4, -0.2) is 12.1 Å². The highest BCUT2D eigenvalue weighted by molar-refractivity contribution is 7.08. The average molecular weight is 257 g/mol. The van der Waals surface area contributed by atoms with Crippen molar-refractivity contribution < 1.29 is 9.15 Å². The van der Waals surface area contributed by atoms with E-state index in [1.54, 1.807) is 24.6 Å². The highest BCUT2D eigenvalue weighted by Gasteiger charge is 2.08. The van der Waals surface area contributed by atoms with Crippen molar-refractivity contribution in [3.63, 3.8) is 0 Å². The number of hydrogen-bond donors (Lipinski definition) is 0. The molecule has 0 aliphatic heterocycles. The molecule has 0 aliphatic rings. The van der Waals surface area contributed by atoms with E-state index >= 15 is 0 Å². The summed E-state index contributed by atoms with van der Waals surface area (Å²) in [4.78, 5) is 4.30. The van der Waals surface area contributed by atoms with Crippen LogP contribution in [0.5, 0.6) is 5.75 Å². The van der Waals surface area contributed by atoms with Crippen molar-refractivity contribution in [3.8, 4) is 28.5 Å². The SMILES string of the molecule is COc1ccc(-c2ncc(-c3ccsc3)o2)cc1. The second kappa shape index (κ2) is 4.66. The Balaban J connectivity index is 1.92. The van der Waals surface area contributed by atoms with Gasteiger partial charge >= 0.3 is 0 Å². The molecule has 18 heavy (non-hydrogen) atoms. The number of aromatic nitrogens is 1. The van der Waals surface area contributed by atoms with Gasteiger partial charge in [-0.2, -0.15) is 11.3 Å². The largest absolute Gasteiger partial charge is 0.497 e. The number of methoxy groups -OCH3 is 1. The molecule has 3 rings (SSSR count). The van der Waals surface area contributed by atoms with E-state index in [0.29, 0.717) is 5.89 Å². The second-order valence-corrected chi connectivity index (χ2v) is 4.55. The van der Waals surface area contributed by atoms with Crippen LogP contribution in [0.15, 0.2) is 51.7 Å². The molecule has 3 nitrogen and oxygen atoms in total. The van der Waals surface area contributed by atoms with E-state index in [4.69, 9.17) is 9.15 Å².